The Balaban J connectivity index is 1.61. The van der Waals surface area contributed by atoms with E-state index in [1.165, 1.54) is 0 Å². The molecule has 3 fully saturated rings. The lowest BCUT2D eigenvalue weighted by Gasteiger charge is -2.50. The molecule has 1 amide bonds. The van der Waals surface area contributed by atoms with Crippen LogP contribution in [0.3, 0.4) is 0 Å². The molecule has 3 aliphatic rings. The predicted octanol–water partition coefficient (Wildman–Crippen LogP) is 1.42. The monoisotopic (exact) mass is 308 g/mol. The van der Waals surface area contributed by atoms with Crippen LogP contribution in [0.4, 0.5) is 0 Å². The van der Waals surface area contributed by atoms with Gasteiger partial charge in [0.05, 0.1) is 5.92 Å². The van der Waals surface area contributed by atoms with Crippen molar-refractivity contribution in [2.75, 3.05) is 26.2 Å². The van der Waals surface area contributed by atoms with Crippen LogP contribution in [0.15, 0.2) is 0 Å². The summed E-state index contributed by atoms with van der Waals surface area (Å²) in [5, 5.41) is 3.31. The van der Waals surface area contributed by atoms with Gasteiger partial charge in [-0.25, -0.2) is 0 Å². The first kappa shape index (κ1) is 15.8. The lowest BCUT2D eigenvalue weighted by atomic mass is 9.71. The van der Waals surface area contributed by atoms with Gasteiger partial charge in [-0.05, 0) is 32.6 Å². The average Bonchev–Trinajstić information content (AvgIpc) is 2.80. The molecular formula is C17H28N2O3. The van der Waals surface area contributed by atoms with Crippen LogP contribution in [-0.4, -0.2) is 48.6 Å². The highest BCUT2D eigenvalue weighted by molar-refractivity contribution is 5.84. The summed E-state index contributed by atoms with van der Waals surface area (Å²) in [6.45, 7) is 12.8. The summed E-state index contributed by atoms with van der Waals surface area (Å²) in [6.07, 6.45) is 0.989. The molecule has 2 aliphatic heterocycles. The molecule has 124 valence electrons. The van der Waals surface area contributed by atoms with Crippen LogP contribution in [0, 0.1) is 22.7 Å². The third-order valence-corrected chi connectivity index (χ3v) is 5.39. The molecule has 3 rings (SSSR count). The summed E-state index contributed by atoms with van der Waals surface area (Å²) in [6, 6.07) is 0. The van der Waals surface area contributed by atoms with Crippen molar-refractivity contribution in [3.05, 3.63) is 0 Å². The maximum atomic E-state index is 12.4. The standard InChI is InChI=1S/C17H28N2O3/c1-15(2,3)22-14(21)12-7-18-8-17(12)9-19(10-17)13(20)11-6-16(11,4)5/h11-12,18H,6-10H2,1-5H3/t11?,12-/m0/s1. The van der Waals surface area contributed by atoms with Gasteiger partial charge in [-0.1, -0.05) is 13.8 Å². The Morgan fingerprint density at radius 1 is 1.18 bits per heavy atom. The highest BCUT2D eigenvalue weighted by atomic mass is 16.6. The molecule has 0 aromatic rings. The Morgan fingerprint density at radius 2 is 1.77 bits per heavy atom. The maximum Gasteiger partial charge on any atom is 0.311 e. The molecule has 5 nitrogen and oxygen atoms in total. The van der Waals surface area contributed by atoms with Crippen LogP contribution in [0.5, 0.6) is 0 Å². The number of nitrogens with one attached hydrogen (secondary N) is 1. The minimum Gasteiger partial charge on any atom is -0.460 e. The fourth-order valence-electron chi connectivity index (χ4n) is 3.82. The van der Waals surface area contributed by atoms with Gasteiger partial charge in [0.15, 0.2) is 0 Å². The van der Waals surface area contributed by atoms with Crippen LogP contribution in [0.2, 0.25) is 0 Å². The molecule has 2 saturated heterocycles. The topological polar surface area (TPSA) is 58.6 Å². The summed E-state index contributed by atoms with van der Waals surface area (Å²) in [5.74, 6) is 0.184. The van der Waals surface area contributed by atoms with Crippen molar-refractivity contribution in [1.82, 2.24) is 10.2 Å². The molecule has 2 heterocycles. The van der Waals surface area contributed by atoms with Gasteiger partial charge in [0, 0.05) is 37.5 Å². The number of amides is 1. The van der Waals surface area contributed by atoms with Crippen molar-refractivity contribution < 1.29 is 14.3 Å². The zero-order valence-corrected chi connectivity index (χ0v) is 14.4. The second-order valence-electron chi connectivity index (χ2n) is 9.02. The summed E-state index contributed by atoms with van der Waals surface area (Å²) in [4.78, 5) is 26.8. The Kier molecular flexibility index (Phi) is 3.37. The smallest absolute Gasteiger partial charge is 0.311 e. The lowest BCUT2D eigenvalue weighted by molar-refractivity contribution is -0.171. The average molecular weight is 308 g/mol. The van der Waals surface area contributed by atoms with Gasteiger partial charge >= 0.3 is 5.97 Å². The van der Waals surface area contributed by atoms with Crippen LogP contribution in [0.1, 0.15) is 41.0 Å². The molecule has 1 aliphatic carbocycles. The number of nitrogens with zero attached hydrogens (tertiary/aromatic N) is 1. The molecule has 1 saturated carbocycles. The van der Waals surface area contributed by atoms with Gasteiger partial charge in [-0.3, -0.25) is 9.59 Å². The molecule has 2 atom stereocenters. The van der Waals surface area contributed by atoms with Crippen LogP contribution >= 0.6 is 0 Å². The van der Waals surface area contributed by atoms with Crippen molar-refractivity contribution in [3.63, 3.8) is 0 Å². The van der Waals surface area contributed by atoms with Gasteiger partial charge in [0.25, 0.3) is 0 Å². The summed E-state index contributed by atoms with van der Waals surface area (Å²) in [5.41, 5.74) is -0.409. The van der Waals surface area contributed by atoms with Crippen molar-refractivity contribution >= 4 is 11.9 Å². The second-order valence-corrected chi connectivity index (χ2v) is 9.02. The Bertz CT molecular complexity index is 501. The zero-order valence-electron chi connectivity index (χ0n) is 14.4. The van der Waals surface area contributed by atoms with E-state index in [-0.39, 0.29) is 34.5 Å². The molecule has 1 unspecified atom stereocenters. The number of carbonyl (C=O) groups is 2. The highest BCUT2D eigenvalue weighted by Gasteiger charge is 2.60. The fourth-order valence-corrected chi connectivity index (χ4v) is 3.82. The van der Waals surface area contributed by atoms with E-state index < -0.39 is 5.60 Å². The molecular weight excluding hydrogens is 280 g/mol. The number of carbonyl (C=O) groups excluding carboxylic acids is 2. The fraction of sp³-hybridized carbons (Fsp3) is 0.882. The summed E-state index contributed by atoms with van der Waals surface area (Å²) >= 11 is 0. The first-order chi connectivity index (χ1) is 10.0. The predicted molar refractivity (Wildman–Crippen MR) is 83.1 cm³/mol. The molecule has 1 N–H and O–H groups in total. The van der Waals surface area contributed by atoms with Crippen molar-refractivity contribution in [1.29, 1.82) is 0 Å². The summed E-state index contributed by atoms with van der Waals surface area (Å²) in [7, 11) is 0. The van der Waals surface area contributed by atoms with Gasteiger partial charge in [0.2, 0.25) is 5.91 Å². The number of hydrogen-bond donors (Lipinski definition) is 1. The normalized spacial score (nSPS) is 31.8. The Hall–Kier alpha value is -1.10. The minimum absolute atomic E-state index is 0.114. The Labute approximate surface area is 132 Å². The maximum absolute atomic E-state index is 12.4. The number of likely N-dealkylation sites (tertiary alicyclic amines) is 1. The van der Waals surface area contributed by atoms with E-state index >= 15 is 0 Å². The minimum atomic E-state index is -0.460. The van der Waals surface area contributed by atoms with E-state index in [9.17, 15) is 9.59 Å². The SMILES string of the molecule is CC(C)(C)OC(=O)[C@@H]1CNCC12CN(C(=O)C1CC1(C)C)C2. The van der Waals surface area contributed by atoms with E-state index in [1.807, 2.05) is 25.7 Å². The highest BCUT2D eigenvalue weighted by Crippen LogP contribution is 2.54. The number of hydrogen-bond acceptors (Lipinski definition) is 4. The number of rotatable bonds is 2. The van der Waals surface area contributed by atoms with Crippen molar-refractivity contribution in [3.8, 4) is 0 Å². The van der Waals surface area contributed by atoms with Crippen LogP contribution < -0.4 is 5.32 Å². The first-order valence-electron chi connectivity index (χ1n) is 8.27. The van der Waals surface area contributed by atoms with E-state index in [2.05, 4.69) is 19.2 Å². The zero-order chi connectivity index (χ0) is 16.3. The Morgan fingerprint density at radius 3 is 2.27 bits per heavy atom. The molecule has 0 aromatic carbocycles. The third-order valence-electron chi connectivity index (χ3n) is 5.39. The van der Waals surface area contributed by atoms with E-state index in [0.29, 0.717) is 19.6 Å². The molecule has 0 aromatic heterocycles. The molecule has 22 heavy (non-hydrogen) atoms. The molecule has 0 bridgehead atoms. The quantitative estimate of drug-likeness (QED) is 0.784. The molecule has 5 heteroatoms. The number of ether oxygens (including phenoxy) is 1. The number of esters is 1. The van der Waals surface area contributed by atoms with Gasteiger partial charge in [0.1, 0.15) is 5.60 Å². The van der Waals surface area contributed by atoms with Crippen LogP contribution in [0.25, 0.3) is 0 Å². The lowest BCUT2D eigenvalue weighted by Crippen LogP contribution is -2.63. The van der Waals surface area contributed by atoms with Gasteiger partial charge in [-0.2, -0.15) is 0 Å². The van der Waals surface area contributed by atoms with Crippen LogP contribution in [-0.2, 0) is 14.3 Å². The van der Waals surface area contributed by atoms with E-state index in [0.717, 1.165) is 13.0 Å². The van der Waals surface area contributed by atoms with Crippen molar-refractivity contribution in [2.24, 2.45) is 22.7 Å². The molecule has 0 radical (unpaired) electrons. The van der Waals surface area contributed by atoms with Gasteiger partial charge in [-0.15, -0.1) is 0 Å². The second kappa shape index (κ2) is 4.70. The third kappa shape index (κ3) is 2.64. The van der Waals surface area contributed by atoms with Gasteiger partial charge < -0.3 is 15.0 Å². The summed E-state index contributed by atoms with van der Waals surface area (Å²) < 4.78 is 5.56. The van der Waals surface area contributed by atoms with E-state index in [4.69, 9.17) is 4.74 Å². The van der Waals surface area contributed by atoms with Crippen molar-refractivity contribution in [2.45, 2.75) is 46.6 Å². The van der Waals surface area contributed by atoms with E-state index in [1.54, 1.807) is 0 Å². The molecule has 1 spiro atoms. The first-order valence-corrected chi connectivity index (χ1v) is 8.27. The largest absolute Gasteiger partial charge is 0.460 e.